The number of hydrogen-bond donors (Lipinski definition) is 0. The van der Waals surface area contributed by atoms with Crippen LogP contribution in [0.5, 0.6) is 0 Å². The normalized spacial score (nSPS) is 27.2. The second-order valence-electron chi connectivity index (χ2n) is 6.55. The first-order chi connectivity index (χ1) is 7.50. The highest BCUT2D eigenvalue weighted by molar-refractivity contribution is 14.1. The van der Waals surface area contributed by atoms with Crippen LogP contribution in [-0.4, -0.2) is 24.7 Å². The van der Waals surface area contributed by atoms with E-state index in [1.165, 1.54) is 3.58 Å². The first kappa shape index (κ1) is 15.2. The van der Waals surface area contributed by atoms with Crippen LogP contribution in [0.3, 0.4) is 0 Å². The molecule has 0 radical (unpaired) electrons. The van der Waals surface area contributed by atoms with Crippen LogP contribution in [0.25, 0.3) is 0 Å². The van der Waals surface area contributed by atoms with Gasteiger partial charge in [-0.15, -0.1) is 0 Å². The van der Waals surface area contributed by atoms with Crippen LogP contribution in [0.4, 0.5) is 0 Å². The Kier molecular flexibility index (Phi) is 4.19. The summed E-state index contributed by atoms with van der Waals surface area (Å²) in [5, 5.41) is 0.216. The quantitative estimate of drug-likeness (QED) is 0.409. The van der Waals surface area contributed by atoms with Gasteiger partial charge in [-0.3, -0.25) is 4.79 Å². The number of nitrogens with zero attached hydrogens (tertiary/aromatic N) is 1. The Hall–Kier alpha value is 0.157. The predicted molar refractivity (Wildman–Crippen MR) is 84.8 cm³/mol. The third-order valence-electron chi connectivity index (χ3n) is 4.28. The molecule has 0 aromatic heterocycles. The fourth-order valence-corrected chi connectivity index (χ4v) is 5.01. The largest absolute Gasteiger partial charge is 0.362 e. The smallest absolute Gasteiger partial charge is 0.220 e. The van der Waals surface area contributed by atoms with Crippen molar-refractivity contribution in [1.29, 1.82) is 0 Å². The van der Waals surface area contributed by atoms with Crippen molar-refractivity contribution in [2.75, 3.05) is 0 Å². The lowest BCUT2D eigenvalue weighted by Crippen LogP contribution is -2.71. The molecule has 0 aromatic carbocycles. The van der Waals surface area contributed by atoms with Gasteiger partial charge in [0.15, 0.2) is 8.24 Å². The molecule has 1 amide bonds. The van der Waals surface area contributed by atoms with E-state index in [1.54, 1.807) is 0 Å². The number of amides is 1. The molecule has 0 aliphatic carbocycles. The summed E-state index contributed by atoms with van der Waals surface area (Å²) in [5.74, 6) is 0.504. The molecule has 0 saturated carbocycles. The van der Waals surface area contributed by atoms with E-state index >= 15 is 0 Å². The molecule has 0 bridgehead atoms. The van der Waals surface area contributed by atoms with Crippen LogP contribution < -0.4 is 0 Å². The van der Waals surface area contributed by atoms with Gasteiger partial charge in [0.25, 0.3) is 0 Å². The lowest BCUT2D eigenvalue weighted by Gasteiger charge is -2.57. The molecule has 2 atom stereocenters. The summed E-state index contributed by atoms with van der Waals surface area (Å²) in [5.41, 5.74) is 0. The van der Waals surface area contributed by atoms with Gasteiger partial charge in [-0.05, 0) is 38.1 Å². The summed E-state index contributed by atoms with van der Waals surface area (Å²) in [6, 6.07) is 0.320. The summed E-state index contributed by atoms with van der Waals surface area (Å²) in [6.07, 6.45) is 2.24. The van der Waals surface area contributed by atoms with Crippen LogP contribution in [0.1, 0.15) is 34.6 Å². The van der Waals surface area contributed by atoms with Crippen LogP contribution in [0, 0.1) is 5.92 Å². The van der Waals surface area contributed by atoms with Gasteiger partial charge < -0.3 is 4.57 Å². The summed E-state index contributed by atoms with van der Waals surface area (Å²) in [6.45, 7) is 15.5. The number of β-lactam (4-membered cyclic amide) rings is 1. The van der Waals surface area contributed by atoms with Crippen molar-refractivity contribution >= 4 is 36.7 Å². The van der Waals surface area contributed by atoms with Crippen LogP contribution in [0.2, 0.25) is 18.1 Å². The van der Waals surface area contributed by atoms with Gasteiger partial charge >= 0.3 is 0 Å². The number of hydrogen-bond acceptors (Lipinski definition) is 1. The van der Waals surface area contributed by atoms with E-state index in [2.05, 4.69) is 74.0 Å². The van der Waals surface area contributed by atoms with Gasteiger partial charge in [0.1, 0.15) is 0 Å². The van der Waals surface area contributed by atoms with E-state index < -0.39 is 8.24 Å². The Bertz CT molecular complexity index is 353. The zero-order chi connectivity index (χ0) is 13.6. The summed E-state index contributed by atoms with van der Waals surface area (Å²) >= 11 is 2.33. The maximum Gasteiger partial charge on any atom is 0.220 e. The van der Waals surface area contributed by atoms with Gasteiger partial charge in [0.05, 0.1) is 12.0 Å². The standard InChI is InChI=1S/C13H24INOSi/c1-9(14)8-11-10(2)12(16)15(11)17(6,7)13(3,4)5/h8,10-11H,1-7H3/b9-8+/t10?,11-/m1/s1. The third kappa shape index (κ3) is 2.62. The first-order valence-electron chi connectivity index (χ1n) is 6.17. The molecule has 1 saturated heterocycles. The fourth-order valence-electron chi connectivity index (χ4n) is 2.12. The van der Waals surface area contributed by atoms with Gasteiger partial charge in [0.2, 0.25) is 5.91 Å². The number of halogens is 1. The SMILES string of the molecule is C/C(I)=C\[C@@H]1C(C)C(=O)N1[Si](C)(C)C(C)(C)C. The van der Waals surface area contributed by atoms with Crippen molar-refractivity contribution in [2.24, 2.45) is 5.92 Å². The van der Waals surface area contributed by atoms with Crippen LogP contribution in [-0.2, 0) is 4.79 Å². The minimum absolute atomic E-state index is 0.161. The molecule has 4 heteroatoms. The Morgan fingerprint density at radius 3 is 2.24 bits per heavy atom. The molecular formula is C13H24INOSi. The molecule has 98 valence electrons. The lowest BCUT2D eigenvalue weighted by atomic mass is 9.92. The monoisotopic (exact) mass is 365 g/mol. The highest BCUT2D eigenvalue weighted by Crippen LogP contribution is 2.45. The zero-order valence-corrected chi connectivity index (χ0v) is 15.1. The van der Waals surface area contributed by atoms with E-state index in [0.29, 0.717) is 11.9 Å². The maximum absolute atomic E-state index is 12.2. The minimum Gasteiger partial charge on any atom is -0.362 e. The Morgan fingerprint density at radius 2 is 1.88 bits per heavy atom. The number of rotatable bonds is 2. The van der Waals surface area contributed by atoms with Gasteiger partial charge in [-0.2, -0.15) is 0 Å². The minimum atomic E-state index is -1.72. The zero-order valence-electron chi connectivity index (χ0n) is 12.0. The van der Waals surface area contributed by atoms with Crippen molar-refractivity contribution < 1.29 is 4.79 Å². The molecule has 1 fully saturated rings. The van der Waals surface area contributed by atoms with Crippen molar-refractivity contribution in [3.05, 3.63) is 9.66 Å². The molecular weight excluding hydrogens is 341 g/mol. The van der Waals surface area contributed by atoms with Crippen LogP contribution >= 0.6 is 22.6 Å². The number of carbonyl (C=O) groups is 1. The molecule has 0 spiro atoms. The summed E-state index contributed by atoms with van der Waals surface area (Å²) in [4.78, 5) is 12.2. The highest BCUT2D eigenvalue weighted by atomic mass is 127. The summed E-state index contributed by atoms with van der Waals surface area (Å²) < 4.78 is 3.47. The third-order valence-corrected chi connectivity index (χ3v) is 10.0. The van der Waals surface area contributed by atoms with E-state index in [4.69, 9.17) is 0 Å². The van der Waals surface area contributed by atoms with Crippen molar-refractivity contribution in [3.8, 4) is 0 Å². The van der Waals surface area contributed by atoms with E-state index in [9.17, 15) is 4.79 Å². The average molecular weight is 365 g/mol. The predicted octanol–water partition coefficient (Wildman–Crippen LogP) is 4.18. The second kappa shape index (κ2) is 4.68. The Morgan fingerprint density at radius 1 is 1.41 bits per heavy atom. The van der Waals surface area contributed by atoms with Gasteiger partial charge in [-0.25, -0.2) is 0 Å². The molecule has 0 aromatic rings. The van der Waals surface area contributed by atoms with E-state index in [0.717, 1.165) is 0 Å². The Labute approximate surface area is 120 Å². The molecule has 0 N–H and O–H groups in total. The molecule has 1 unspecified atom stereocenters. The van der Waals surface area contributed by atoms with Gasteiger partial charge in [0, 0.05) is 0 Å². The number of carbonyl (C=O) groups excluding carboxylic acids is 1. The first-order valence-corrected chi connectivity index (χ1v) is 10.2. The maximum atomic E-state index is 12.2. The summed E-state index contributed by atoms with van der Waals surface area (Å²) in [7, 11) is -1.72. The molecule has 1 aliphatic rings. The fraction of sp³-hybridized carbons (Fsp3) is 0.769. The van der Waals surface area contributed by atoms with Crippen molar-refractivity contribution in [3.63, 3.8) is 0 Å². The lowest BCUT2D eigenvalue weighted by molar-refractivity contribution is -0.144. The molecule has 1 aliphatic heterocycles. The van der Waals surface area contributed by atoms with Gasteiger partial charge in [-0.1, -0.05) is 46.9 Å². The van der Waals surface area contributed by atoms with Crippen molar-refractivity contribution in [1.82, 2.24) is 4.57 Å². The van der Waals surface area contributed by atoms with E-state index in [-0.39, 0.29) is 11.0 Å². The number of allylic oxidation sites excluding steroid dienone is 1. The van der Waals surface area contributed by atoms with E-state index in [1.807, 2.05) is 6.92 Å². The van der Waals surface area contributed by atoms with Crippen molar-refractivity contribution in [2.45, 2.75) is 58.8 Å². The van der Waals surface area contributed by atoms with Crippen LogP contribution in [0.15, 0.2) is 9.66 Å². The molecule has 1 heterocycles. The topological polar surface area (TPSA) is 20.3 Å². The molecule has 2 nitrogen and oxygen atoms in total. The molecule has 17 heavy (non-hydrogen) atoms. The average Bonchev–Trinajstić information content (AvgIpc) is 2.13. The highest BCUT2D eigenvalue weighted by Gasteiger charge is 2.54. The second-order valence-corrected chi connectivity index (χ2v) is 13.4. The Balaban J connectivity index is 3.05. The molecule has 1 rings (SSSR count).